The number of H-pyrrole nitrogens is 1. The summed E-state index contributed by atoms with van der Waals surface area (Å²) in [7, 11) is -4.74. The molecule has 19 heteroatoms. The molecule has 1 amide bonds. The molecule has 3 aromatic carbocycles. The van der Waals surface area contributed by atoms with Crippen molar-refractivity contribution in [2.45, 2.75) is 56.8 Å². The number of benzene rings is 3. The summed E-state index contributed by atoms with van der Waals surface area (Å²) in [6.07, 6.45) is 6.25. The van der Waals surface area contributed by atoms with Crippen molar-refractivity contribution in [3.63, 3.8) is 0 Å². The van der Waals surface area contributed by atoms with E-state index in [0.717, 1.165) is 44.7 Å². The Morgan fingerprint density at radius 2 is 1.76 bits per heavy atom. The molecule has 0 saturated carbocycles. The van der Waals surface area contributed by atoms with E-state index >= 15 is 8.78 Å². The number of nitrogens with zero attached hydrogens (tertiary/aromatic N) is 5. The van der Waals surface area contributed by atoms with Gasteiger partial charge in [-0.25, -0.2) is 21.9 Å². The highest BCUT2D eigenvalue weighted by atomic mass is 35.5. The summed E-state index contributed by atoms with van der Waals surface area (Å²) in [6.45, 7) is 7.71. The van der Waals surface area contributed by atoms with E-state index in [1.54, 1.807) is 30.5 Å². The number of aromatic amines is 1. The van der Waals surface area contributed by atoms with Gasteiger partial charge in [0.1, 0.15) is 17.0 Å². The highest BCUT2D eigenvalue weighted by molar-refractivity contribution is 7.90. The Hall–Kier alpha value is -5.82. The van der Waals surface area contributed by atoms with E-state index in [4.69, 9.17) is 21.1 Å². The summed E-state index contributed by atoms with van der Waals surface area (Å²) in [5, 5.41) is 16.6. The van der Waals surface area contributed by atoms with E-state index in [2.05, 4.69) is 55.8 Å². The number of ether oxygens (including phenoxy) is 2. The lowest BCUT2D eigenvalue weighted by Gasteiger charge is -2.39. The number of anilines is 4. The maximum atomic E-state index is 15.8. The van der Waals surface area contributed by atoms with Gasteiger partial charge in [0.2, 0.25) is 5.88 Å². The summed E-state index contributed by atoms with van der Waals surface area (Å²) in [4.78, 5) is 38.6. The van der Waals surface area contributed by atoms with Crippen molar-refractivity contribution < 1.29 is 36.4 Å². The van der Waals surface area contributed by atoms with Gasteiger partial charge in [-0.1, -0.05) is 43.2 Å². The van der Waals surface area contributed by atoms with Gasteiger partial charge in [0, 0.05) is 80.8 Å². The first kappa shape index (κ1) is 46.3. The van der Waals surface area contributed by atoms with Gasteiger partial charge >= 0.3 is 0 Å². The number of nitro benzene ring substituents is 1. The summed E-state index contributed by atoms with van der Waals surface area (Å²) >= 11 is 6.25. The van der Waals surface area contributed by atoms with Crippen LogP contribution in [0.5, 0.6) is 5.88 Å². The number of rotatable bonds is 12. The third-order valence-corrected chi connectivity index (χ3v) is 14.8. The van der Waals surface area contributed by atoms with Crippen LogP contribution in [0.1, 0.15) is 61.9 Å². The topological polar surface area (TPSA) is 175 Å². The molecule has 0 radical (unpaired) electrons. The molecule has 0 atom stereocenters. The molecule has 1 aliphatic carbocycles. The minimum atomic E-state index is -4.74. The molecule has 2 saturated heterocycles. The normalized spacial score (nSPS) is 19.1. The molecule has 4 aliphatic rings. The van der Waals surface area contributed by atoms with Crippen LogP contribution in [0.25, 0.3) is 16.6 Å². The Morgan fingerprint density at radius 3 is 2.51 bits per heavy atom. The van der Waals surface area contributed by atoms with Crippen molar-refractivity contribution in [2.75, 3.05) is 80.8 Å². The fourth-order valence-corrected chi connectivity index (χ4v) is 10.6. The first-order chi connectivity index (χ1) is 32.0. The third-order valence-electron chi connectivity index (χ3n) is 13.3. The largest absolute Gasteiger partial charge is 0.470 e. The number of hydrogen-bond donors (Lipinski definition) is 3. The predicted octanol–water partition coefficient (Wildman–Crippen LogP) is 9.03. The lowest BCUT2D eigenvalue weighted by atomic mass is 9.72. The van der Waals surface area contributed by atoms with Crippen molar-refractivity contribution in [2.24, 2.45) is 11.3 Å². The molecular formula is C48H53ClF2N8O7S. The summed E-state index contributed by atoms with van der Waals surface area (Å²) in [5.41, 5.74) is 4.73. The monoisotopic (exact) mass is 958 g/mol. The van der Waals surface area contributed by atoms with E-state index in [0.29, 0.717) is 67.7 Å². The lowest BCUT2D eigenvalue weighted by molar-refractivity contribution is -0.384. The molecule has 0 unspecified atom stereocenters. The number of hydrogen-bond acceptors (Lipinski definition) is 12. The number of alkyl halides is 2. The second-order valence-electron chi connectivity index (χ2n) is 18.7. The number of halogens is 3. The second-order valence-corrected chi connectivity index (χ2v) is 20.8. The smallest absolute Gasteiger partial charge is 0.298 e. The molecule has 67 heavy (non-hydrogen) atoms. The van der Waals surface area contributed by atoms with Crippen molar-refractivity contribution in [3.05, 3.63) is 111 Å². The van der Waals surface area contributed by atoms with Gasteiger partial charge in [-0.2, -0.15) is 4.98 Å². The second kappa shape index (κ2) is 18.7. The Balaban J connectivity index is 1.01. The number of pyridine rings is 1. The van der Waals surface area contributed by atoms with Gasteiger partial charge in [-0.05, 0) is 109 Å². The number of nitro groups is 1. The molecule has 3 N–H and O–H groups in total. The number of sulfonamides is 1. The van der Waals surface area contributed by atoms with Crippen LogP contribution >= 0.6 is 11.6 Å². The Kier molecular flexibility index (Phi) is 12.9. The van der Waals surface area contributed by atoms with Crippen LogP contribution in [0.2, 0.25) is 5.02 Å². The molecule has 354 valence electrons. The number of nitrogens with one attached hydrogen (secondary N) is 3. The average Bonchev–Trinajstić information content (AvgIpc) is 3.72. The molecule has 2 fully saturated rings. The highest BCUT2D eigenvalue weighted by Crippen LogP contribution is 2.45. The lowest BCUT2D eigenvalue weighted by Crippen LogP contribution is -2.47. The Morgan fingerprint density at radius 1 is 1.00 bits per heavy atom. The molecule has 9 rings (SSSR count). The molecule has 15 nitrogen and oxygen atoms in total. The maximum absolute atomic E-state index is 15.8. The maximum Gasteiger partial charge on any atom is 0.298 e. The predicted molar refractivity (Wildman–Crippen MR) is 254 cm³/mol. The van der Waals surface area contributed by atoms with Gasteiger partial charge in [-0.15, -0.1) is 0 Å². The molecule has 3 aliphatic heterocycles. The Bertz CT molecular complexity index is 2830. The minimum Gasteiger partial charge on any atom is -0.470 e. The summed E-state index contributed by atoms with van der Waals surface area (Å²) < 4.78 is 72.4. The SMILES string of the molecule is CC1(C)CCC(CN2CCN(c3ccc(C(=O)NS(=O)(=O)c4ccc(NCC5CCOCC5)c([N+](=O)[O-])c4)c(N4CC(F)(F)COc5nc6[nH]ccc6cc54)c3)CC2)=C(c2ccc(Cl)cc2)C1. The van der Waals surface area contributed by atoms with Gasteiger partial charge < -0.3 is 29.6 Å². The summed E-state index contributed by atoms with van der Waals surface area (Å²) in [5.74, 6) is -4.42. The quantitative estimate of drug-likeness (QED) is 0.0801. The average molecular weight is 960 g/mol. The van der Waals surface area contributed by atoms with Crippen LogP contribution in [0.15, 0.2) is 89.5 Å². The van der Waals surface area contributed by atoms with Crippen LogP contribution in [-0.2, 0) is 14.8 Å². The van der Waals surface area contributed by atoms with Gasteiger partial charge in [0.05, 0.1) is 27.6 Å². The van der Waals surface area contributed by atoms with Crippen LogP contribution in [0.3, 0.4) is 0 Å². The zero-order valence-corrected chi connectivity index (χ0v) is 38.9. The van der Waals surface area contributed by atoms with Crippen LogP contribution in [0, 0.1) is 21.4 Å². The van der Waals surface area contributed by atoms with Crippen LogP contribution in [-0.4, -0.2) is 106 Å². The number of allylic oxidation sites excluding steroid dienone is 1. The summed E-state index contributed by atoms with van der Waals surface area (Å²) in [6, 6.07) is 19.5. The zero-order chi connectivity index (χ0) is 47.1. The third kappa shape index (κ3) is 10.4. The molecule has 0 spiro atoms. The van der Waals surface area contributed by atoms with Gasteiger partial charge in [-0.3, -0.25) is 19.8 Å². The van der Waals surface area contributed by atoms with Crippen molar-refractivity contribution in [1.82, 2.24) is 19.6 Å². The highest BCUT2D eigenvalue weighted by Gasteiger charge is 2.40. The first-order valence-electron chi connectivity index (χ1n) is 22.5. The standard InChI is InChI=1S/C48H53ClF2N8O7S/c1-47(2)15-11-34(39(26-47)32-3-5-35(49)6-4-32)28-56-17-19-57(20-18-56)36-7-9-38(41(24-36)58-29-48(50,51)30-66-46-43(58)23-33-12-16-52-44(33)54-46)45(60)55-67(63,64)37-8-10-40(42(25-37)59(61)62)53-27-31-13-21-65-22-14-31/h3-10,12,16,23-25,31,53H,11,13-15,17-22,26-30H2,1-2H3,(H,52,54)(H,55,60). The van der Waals surface area contributed by atoms with E-state index < -0.39 is 50.5 Å². The van der Waals surface area contributed by atoms with E-state index in [1.165, 1.54) is 39.8 Å². The number of piperazine rings is 1. The fourth-order valence-electron chi connectivity index (χ4n) is 9.45. The van der Waals surface area contributed by atoms with E-state index in [9.17, 15) is 23.3 Å². The molecule has 2 aromatic heterocycles. The Labute approximate surface area is 392 Å². The molecular weight excluding hydrogens is 906 g/mol. The van der Waals surface area contributed by atoms with Gasteiger partial charge in [0.15, 0.2) is 6.61 Å². The van der Waals surface area contributed by atoms with Crippen molar-refractivity contribution in [3.8, 4) is 5.88 Å². The number of fused-ring (bicyclic) bond motifs is 2. The van der Waals surface area contributed by atoms with Crippen molar-refractivity contribution in [1.29, 1.82) is 0 Å². The zero-order valence-electron chi connectivity index (χ0n) is 37.3. The number of amides is 1. The van der Waals surface area contributed by atoms with Crippen molar-refractivity contribution >= 4 is 72.6 Å². The molecule has 0 bridgehead atoms. The van der Waals surface area contributed by atoms with Crippen LogP contribution in [0.4, 0.5) is 37.2 Å². The minimum absolute atomic E-state index is 0.00281. The van der Waals surface area contributed by atoms with Gasteiger partial charge in [0.25, 0.3) is 27.5 Å². The molecule has 5 heterocycles. The number of aromatic nitrogens is 2. The van der Waals surface area contributed by atoms with E-state index in [-0.39, 0.29) is 39.8 Å². The van der Waals surface area contributed by atoms with E-state index in [1.807, 2.05) is 12.1 Å². The van der Waals surface area contributed by atoms with Crippen LogP contribution < -0.4 is 24.6 Å². The number of carbonyl (C=O) groups excluding carboxylic acids is 1. The first-order valence-corrected chi connectivity index (χ1v) is 24.4. The molecule has 5 aromatic rings. The number of carbonyl (C=O) groups is 1. The fraction of sp³-hybridized carbons (Fsp3) is 0.417.